The number of rotatable bonds is 4. The number of hydrogen-bond acceptors (Lipinski definition) is 9. The highest BCUT2D eigenvalue weighted by atomic mass is 19.1. The van der Waals surface area contributed by atoms with Gasteiger partial charge in [-0.1, -0.05) is 44.2 Å². The summed E-state index contributed by atoms with van der Waals surface area (Å²) in [6.45, 7) is 1.03. The van der Waals surface area contributed by atoms with Crippen molar-refractivity contribution in [3.8, 4) is 11.6 Å². The van der Waals surface area contributed by atoms with E-state index in [4.69, 9.17) is 23.9 Å². The Morgan fingerprint density at radius 2 is 1.76 bits per heavy atom. The van der Waals surface area contributed by atoms with Gasteiger partial charge in [0.2, 0.25) is 11.8 Å². The van der Waals surface area contributed by atoms with Crippen molar-refractivity contribution in [3.05, 3.63) is 29.8 Å². The number of piperidine rings is 1. The van der Waals surface area contributed by atoms with Crippen LogP contribution in [-0.2, 0) is 25.5 Å². The van der Waals surface area contributed by atoms with Crippen LogP contribution in [0.15, 0.2) is 24.3 Å². The molecule has 5 aliphatic rings. The van der Waals surface area contributed by atoms with Crippen molar-refractivity contribution in [1.29, 1.82) is 0 Å². The number of benzene rings is 1. The quantitative estimate of drug-likeness (QED) is 0.428. The topological polar surface area (TPSA) is 128 Å². The zero-order chi connectivity index (χ0) is 33.9. The van der Waals surface area contributed by atoms with Crippen LogP contribution in [0.2, 0.25) is 0 Å². The molecule has 2 aromatic rings. The van der Waals surface area contributed by atoms with Crippen LogP contribution in [-0.4, -0.2) is 91.2 Å². The van der Waals surface area contributed by atoms with Crippen molar-refractivity contribution >= 4 is 28.9 Å². The molecule has 2 N–H and O–H groups in total. The Balaban J connectivity index is 1.25. The second-order valence-electron chi connectivity index (χ2n) is 14.5. The minimum Gasteiger partial charge on any atom is -0.486 e. The summed E-state index contributed by atoms with van der Waals surface area (Å²) >= 11 is 0. The van der Waals surface area contributed by atoms with E-state index < -0.39 is 42.5 Å². The number of ether oxygens (including phenoxy) is 4. The number of esters is 1. The molecular formula is C37H49FN4O7. The third-order valence-electron chi connectivity index (χ3n) is 11.1. The van der Waals surface area contributed by atoms with Crippen LogP contribution >= 0.6 is 0 Å². The molecule has 7 rings (SSSR count). The van der Waals surface area contributed by atoms with Gasteiger partial charge in [0.05, 0.1) is 24.7 Å². The summed E-state index contributed by atoms with van der Waals surface area (Å²) in [6, 6.07) is 5.96. The van der Waals surface area contributed by atoms with Gasteiger partial charge in [0, 0.05) is 18.4 Å². The lowest BCUT2D eigenvalue weighted by atomic mass is 9.83. The molecule has 2 aliphatic carbocycles. The van der Waals surface area contributed by atoms with E-state index in [9.17, 15) is 14.4 Å². The van der Waals surface area contributed by atoms with Gasteiger partial charge in [-0.25, -0.2) is 19.0 Å². The largest absolute Gasteiger partial charge is 0.486 e. The molecule has 2 saturated heterocycles. The number of aromatic nitrogens is 1. The minimum atomic E-state index is -1.15. The number of methoxy groups -OCH3 is 1. The van der Waals surface area contributed by atoms with Crippen molar-refractivity contribution in [2.75, 3.05) is 26.7 Å². The van der Waals surface area contributed by atoms with Crippen molar-refractivity contribution in [2.45, 2.75) is 120 Å². The number of alkyl carbamates (subject to hydrolysis) is 1. The molecule has 0 spiro atoms. The van der Waals surface area contributed by atoms with E-state index in [0.717, 1.165) is 75.2 Å². The first kappa shape index (κ1) is 33.8. The predicted octanol–water partition coefficient (Wildman–Crippen LogP) is 5.02. The SMILES string of the molecule is COC(=O)[C@@H]1C[C@@H]2CN1C(=O)[C@H](C1CCCCC1)NC(=O)O[C@@H]1C[C@H]1CCCCCc1c(nc3ccccc3c1O[C@H]1CCNC[C@H]1F)O2. The molecule has 2 saturated carbocycles. The fourth-order valence-corrected chi connectivity index (χ4v) is 8.26. The van der Waals surface area contributed by atoms with Crippen molar-refractivity contribution in [1.82, 2.24) is 20.5 Å². The van der Waals surface area contributed by atoms with Crippen LogP contribution in [0.4, 0.5) is 9.18 Å². The number of pyridine rings is 1. The average Bonchev–Trinajstić information content (AvgIpc) is 3.71. The van der Waals surface area contributed by atoms with E-state index in [-0.39, 0.29) is 37.4 Å². The predicted molar refractivity (Wildman–Crippen MR) is 179 cm³/mol. The first-order chi connectivity index (χ1) is 23.9. The highest BCUT2D eigenvalue weighted by molar-refractivity contribution is 5.91. The molecule has 2 amide bonds. The summed E-state index contributed by atoms with van der Waals surface area (Å²) in [5.74, 6) is 0.361. The molecule has 0 unspecified atom stereocenters. The summed E-state index contributed by atoms with van der Waals surface area (Å²) in [5.41, 5.74) is 1.45. The van der Waals surface area contributed by atoms with Crippen LogP contribution < -0.4 is 20.1 Å². The maximum atomic E-state index is 15.1. The number of fused-ring (bicyclic) bond motifs is 5. The van der Waals surface area contributed by atoms with Crippen LogP contribution in [0.5, 0.6) is 11.6 Å². The lowest BCUT2D eigenvalue weighted by Crippen LogP contribution is -2.55. The smallest absolute Gasteiger partial charge is 0.408 e. The van der Waals surface area contributed by atoms with E-state index in [2.05, 4.69) is 10.6 Å². The molecule has 0 radical (unpaired) electrons. The Labute approximate surface area is 286 Å². The van der Waals surface area contributed by atoms with Gasteiger partial charge in [-0.15, -0.1) is 0 Å². The maximum Gasteiger partial charge on any atom is 0.408 e. The molecule has 266 valence electrons. The standard InChI is InChI=1S/C37H49FN4O7/c1-46-36(44)29-19-24-21-42(29)35(43)32(22-10-4-2-5-11-22)41-37(45)49-31-18-23(31)12-6-3-7-14-26-33(48-30-16-17-39-20-27(30)38)25-13-8-9-15-28(25)40-34(26)47-24/h8-9,13,15,22-24,27,29-32,39H,2-7,10-12,14,16-21H2,1H3,(H,41,45)/t23-,24-,27-,29+,30+,31-,32+/m1/s1. The van der Waals surface area contributed by atoms with Crippen molar-refractivity contribution in [3.63, 3.8) is 0 Å². The van der Waals surface area contributed by atoms with Gasteiger partial charge in [-0.2, -0.15) is 0 Å². The van der Waals surface area contributed by atoms with E-state index in [0.29, 0.717) is 42.5 Å². The van der Waals surface area contributed by atoms with E-state index in [1.54, 1.807) is 0 Å². The molecule has 1 aromatic carbocycles. The first-order valence-corrected chi connectivity index (χ1v) is 18.3. The highest BCUT2D eigenvalue weighted by Gasteiger charge is 2.47. The van der Waals surface area contributed by atoms with E-state index in [1.165, 1.54) is 12.0 Å². The summed E-state index contributed by atoms with van der Waals surface area (Å²) in [6.07, 6.45) is 7.47. The minimum absolute atomic E-state index is 0.0598. The number of carbonyl (C=O) groups is 3. The second-order valence-corrected chi connectivity index (χ2v) is 14.5. The molecule has 2 bridgehead atoms. The van der Waals surface area contributed by atoms with Crippen LogP contribution in [0.25, 0.3) is 10.9 Å². The fourth-order valence-electron chi connectivity index (χ4n) is 8.26. The number of alkyl halides is 1. The van der Waals surface area contributed by atoms with Crippen LogP contribution in [0.1, 0.15) is 82.6 Å². The number of nitrogens with zero attached hydrogens (tertiary/aromatic N) is 2. The van der Waals surface area contributed by atoms with Gasteiger partial charge >= 0.3 is 12.1 Å². The van der Waals surface area contributed by atoms with Gasteiger partial charge in [0.25, 0.3) is 0 Å². The molecule has 11 nitrogen and oxygen atoms in total. The molecule has 12 heteroatoms. The number of nitrogens with one attached hydrogen (secondary N) is 2. The van der Waals surface area contributed by atoms with Gasteiger partial charge in [-0.3, -0.25) is 4.79 Å². The van der Waals surface area contributed by atoms with Gasteiger partial charge in [0.15, 0.2) is 0 Å². The molecule has 1 aromatic heterocycles. The Hall–Kier alpha value is -3.67. The zero-order valence-electron chi connectivity index (χ0n) is 28.4. The molecule has 3 aliphatic heterocycles. The van der Waals surface area contributed by atoms with Gasteiger partial charge in [0.1, 0.15) is 42.3 Å². The maximum absolute atomic E-state index is 15.1. The van der Waals surface area contributed by atoms with E-state index >= 15 is 4.39 Å². The summed E-state index contributed by atoms with van der Waals surface area (Å²) in [7, 11) is 1.31. The molecule has 49 heavy (non-hydrogen) atoms. The van der Waals surface area contributed by atoms with Crippen LogP contribution in [0.3, 0.4) is 0 Å². The Morgan fingerprint density at radius 3 is 2.55 bits per heavy atom. The number of amides is 2. The van der Waals surface area contributed by atoms with Gasteiger partial charge in [-0.05, 0) is 75.5 Å². The molecule has 4 heterocycles. The third kappa shape index (κ3) is 7.59. The summed E-state index contributed by atoms with van der Waals surface area (Å²) in [5, 5.41) is 6.84. The average molecular weight is 681 g/mol. The Kier molecular flexibility index (Phi) is 10.4. The zero-order valence-corrected chi connectivity index (χ0v) is 28.4. The highest BCUT2D eigenvalue weighted by Crippen LogP contribution is 2.41. The van der Waals surface area contributed by atoms with E-state index in [1.807, 2.05) is 24.3 Å². The monoisotopic (exact) mass is 680 g/mol. The number of para-hydroxylation sites is 1. The lowest BCUT2D eigenvalue weighted by Gasteiger charge is -2.34. The molecular weight excluding hydrogens is 631 g/mol. The number of carbonyl (C=O) groups excluding carboxylic acids is 3. The second kappa shape index (κ2) is 15.1. The Morgan fingerprint density at radius 1 is 0.980 bits per heavy atom. The number of halogens is 1. The lowest BCUT2D eigenvalue weighted by molar-refractivity contribution is -0.152. The summed E-state index contributed by atoms with van der Waals surface area (Å²) < 4.78 is 39.4. The fraction of sp³-hybridized carbons (Fsp3) is 0.676. The molecule has 4 fully saturated rings. The van der Waals surface area contributed by atoms with Crippen LogP contribution in [0, 0.1) is 11.8 Å². The van der Waals surface area contributed by atoms with Crippen molar-refractivity contribution in [2.24, 2.45) is 11.8 Å². The summed E-state index contributed by atoms with van der Waals surface area (Å²) in [4.78, 5) is 47.2. The first-order valence-electron chi connectivity index (χ1n) is 18.3. The molecule has 7 atom stereocenters. The van der Waals surface area contributed by atoms with Crippen molar-refractivity contribution < 1.29 is 37.7 Å². The third-order valence-corrected chi connectivity index (χ3v) is 11.1. The normalized spacial score (nSPS) is 31.6. The Bertz CT molecular complexity index is 1520. The van der Waals surface area contributed by atoms with Gasteiger partial charge < -0.3 is 34.5 Å². The number of hydrogen-bond donors (Lipinski definition) is 2.